The summed E-state index contributed by atoms with van der Waals surface area (Å²) in [5.74, 6) is -2.64. The summed E-state index contributed by atoms with van der Waals surface area (Å²) in [6.45, 7) is 5.28. The van der Waals surface area contributed by atoms with Gasteiger partial charge < -0.3 is 10.4 Å². The van der Waals surface area contributed by atoms with E-state index in [1.165, 1.54) is 6.92 Å². The number of allylic oxidation sites excluding steroid dienone is 2. The van der Waals surface area contributed by atoms with Gasteiger partial charge in [0.15, 0.2) is 3.68 Å². The summed E-state index contributed by atoms with van der Waals surface area (Å²) in [6.07, 6.45) is 0.816. The molecule has 1 aliphatic carbocycles. The number of amides is 1. The molecule has 0 spiro atoms. The van der Waals surface area contributed by atoms with E-state index < -0.39 is 21.5 Å². The molecule has 0 radical (unpaired) electrons. The summed E-state index contributed by atoms with van der Waals surface area (Å²) in [7, 11) is 0. The summed E-state index contributed by atoms with van der Waals surface area (Å²) in [6, 6.07) is 6.58. The Balaban J connectivity index is 2.21. The number of benzene rings is 1. The number of alkyl halides is 2. The molecule has 6 heteroatoms. The number of carbonyl (C=O) groups excluding carboxylic acids is 1. The predicted octanol–water partition coefficient (Wildman–Crippen LogP) is 4.65. The van der Waals surface area contributed by atoms with Crippen molar-refractivity contribution in [1.29, 1.82) is 0 Å². The van der Waals surface area contributed by atoms with Gasteiger partial charge in [-0.1, -0.05) is 23.3 Å². The van der Waals surface area contributed by atoms with Crippen molar-refractivity contribution in [3.05, 3.63) is 41.0 Å². The van der Waals surface area contributed by atoms with Gasteiger partial charge in [0.25, 0.3) is 0 Å². The molecule has 1 aromatic rings. The first-order valence-corrected chi connectivity index (χ1v) is 8.84. The van der Waals surface area contributed by atoms with Gasteiger partial charge in [-0.3, -0.25) is 9.59 Å². The Morgan fingerprint density at radius 2 is 1.83 bits per heavy atom. The van der Waals surface area contributed by atoms with Crippen LogP contribution in [0, 0.1) is 11.8 Å². The highest BCUT2D eigenvalue weighted by Gasteiger charge is 2.37. The second kappa shape index (κ2) is 7.21. The van der Waals surface area contributed by atoms with Crippen LogP contribution in [0.4, 0.5) is 10.1 Å². The van der Waals surface area contributed by atoms with Crippen molar-refractivity contribution < 1.29 is 19.1 Å². The van der Waals surface area contributed by atoms with E-state index in [0.717, 1.165) is 11.1 Å². The molecular formula is C18H21FINO3. The quantitative estimate of drug-likeness (QED) is 0.403. The number of nitrogens with one attached hydrogen (secondary N) is 1. The third-order valence-electron chi connectivity index (χ3n) is 4.56. The molecule has 0 saturated carbocycles. The average molecular weight is 445 g/mol. The van der Waals surface area contributed by atoms with Crippen LogP contribution in [0.2, 0.25) is 0 Å². The van der Waals surface area contributed by atoms with E-state index in [2.05, 4.69) is 5.32 Å². The largest absolute Gasteiger partial charge is 0.481 e. The molecule has 130 valence electrons. The van der Waals surface area contributed by atoms with Crippen LogP contribution in [0.1, 0.15) is 39.2 Å². The lowest BCUT2D eigenvalue weighted by Gasteiger charge is -2.29. The molecule has 0 aliphatic heterocycles. The maximum Gasteiger partial charge on any atom is 0.307 e. The second-order valence-electron chi connectivity index (χ2n) is 6.48. The van der Waals surface area contributed by atoms with E-state index in [0.29, 0.717) is 24.1 Å². The Labute approximate surface area is 154 Å². The maximum atomic E-state index is 14.0. The number of hydrogen-bond acceptors (Lipinski definition) is 2. The molecular weight excluding hydrogens is 424 g/mol. The topological polar surface area (TPSA) is 66.4 Å². The number of halogens is 2. The van der Waals surface area contributed by atoms with Crippen molar-refractivity contribution >= 4 is 40.2 Å². The minimum Gasteiger partial charge on any atom is -0.481 e. The average Bonchev–Trinajstić information content (AvgIpc) is 2.48. The molecule has 4 nitrogen and oxygen atoms in total. The van der Waals surface area contributed by atoms with Crippen molar-refractivity contribution in [3.63, 3.8) is 0 Å². The van der Waals surface area contributed by atoms with Gasteiger partial charge in [-0.25, -0.2) is 4.39 Å². The monoisotopic (exact) mass is 445 g/mol. The molecule has 1 aromatic carbocycles. The van der Waals surface area contributed by atoms with Gasteiger partial charge in [0.05, 0.1) is 11.8 Å². The zero-order chi connectivity index (χ0) is 18.1. The van der Waals surface area contributed by atoms with E-state index >= 15 is 0 Å². The number of carbonyl (C=O) groups is 2. The molecule has 0 fully saturated rings. The predicted molar refractivity (Wildman–Crippen MR) is 99.8 cm³/mol. The fraction of sp³-hybridized carbons (Fsp3) is 0.444. The summed E-state index contributed by atoms with van der Waals surface area (Å²) >= 11 is 1.69. The first-order chi connectivity index (χ1) is 11.1. The van der Waals surface area contributed by atoms with Crippen LogP contribution in [-0.2, 0) is 13.3 Å². The van der Waals surface area contributed by atoms with Crippen molar-refractivity contribution in [3.8, 4) is 0 Å². The number of carboxylic acids is 1. The molecule has 1 aliphatic rings. The Bertz CT molecular complexity index is 694. The molecule has 0 saturated heterocycles. The Morgan fingerprint density at radius 3 is 2.38 bits per heavy atom. The highest BCUT2D eigenvalue weighted by atomic mass is 127. The van der Waals surface area contributed by atoms with Crippen LogP contribution >= 0.6 is 22.6 Å². The SMILES string of the molecule is CC1=C(C)CC(C(=O)Nc2cccc(C(C)(F)I)c2)C(C(=O)O)C1. The summed E-state index contributed by atoms with van der Waals surface area (Å²) in [4.78, 5) is 24.1. The van der Waals surface area contributed by atoms with Crippen molar-refractivity contribution in [1.82, 2.24) is 0 Å². The first kappa shape index (κ1) is 18.9. The lowest BCUT2D eigenvalue weighted by Crippen LogP contribution is -2.36. The number of rotatable bonds is 4. The number of anilines is 1. The van der Waals surface area contributed by atoms with Gasteiger partial charge in [0.2, 0.25) is 5.91 Å². The van der Waals surface area contributed by atoms with E-state index in [1.54, 1.807) is 46.9 Å². The fourth-order valence-corrected chi connectivity index (χ4v) is 3.27. The highest BCUT2D eigenvalue weighted by Crippen LogP contribution is 2.36. The van der Waals surface area contributed by atoms with Crippen LogP contribution in [0.5, 0.6) is 0 Å². The third kappa shape index (κ3) is 4.34. The zero-order valence-electron chi connectivity index (χ0n) is 13.9. The Hall–Kier alpha value is -1.44. The molecule has 2 N–H and O–H groups in total. The minimum absolute atomic E-state index is 0.333. The van der Waals surface area contributed by atoms with Crippen molar-refractivity contribution in [2.45, 2.75) is 37.3 Å². The van der Waals surface area contributed by atoms with Crippen LogP contribution < -0.4 is 5.32 Å². The van der Waals surface area contributed by atoms with E-state index in [1.807, 2.05) is 13.8 Å². The van der Waals surface area contributed by atoms with E-state index in [4.69, 9.17) is 0 Å². The van der Waals surface area contributed by atoms with Gasteiger partial charge in [-0.05, 0) is 68.3 Å². The zero-order valence-corrected chi connectivity index (χ0v) is 16.1. The molecule has 24 heavy (non-hydrogen) atoms. The fourth-order valence-electron chi connectivity index (χ4n) is 2.93. The first-order valence-electron chi connectivity index (χ1n) is 7.77. The molecule has 0 bridgehead atoms. The molecule has 2 rings (SSSR count). The van der Waals surface area contributed by atoms with E-state index in [-0.39, 0.29) is 5.91 Å². The van der Waals surface area contributed by atoms with Crippen molar-refractivity contribution in [2.24, 2.45) is 11.8 Å². The Kier molecular flexibility index (Phi) is 5.67. The highest BCUT2D eigenvalue weighted by molar-refractivity contribution is 14.1. The van der Waals surface area contributed by atoms with Gasteiger partial charge in [-0.2, -0.15) is 0 Å². The second-order valence-corrected chi connectivity index (χ2v) is 8.50. The van der Waals surface area contributed by atoms with Crippen LogP contribution in [-0.4, -0.2) is 17.0 Å². The molecule has 3 unspecified atom stereocenters. The maximum absolute atomic E-state index is 14.0. The molecule has 3 atom stereocenters. The number of carboxylic acid groups (broad SMARTS) is 1. The number of aliphatic carboxylic acids is 1. The summed E-state index contributed by atoms with van der Waals surface area (Å²) in [5, 5.41) is 12.2. The van der Waals surface area contributed by atoms with Crippen LogP contribution in [0.3, 0.4) is 0 Å². The summed E-state index contributed by atoms with van der Waals surface area (Å²) < 4.78 is 12.5. The van der Waals surface area contributed by atoms with Crippen molar-refractivity contribution in [2.75, 3.05) is 5.32 Å². The third-order valence-corrected chi connectivity index (χ3v) is 5.18. The lowest BCUT2D eigenvalue weighted by atomic mass is 9.76. The van der Waals surface area contributed by atoms with E-state index in [9.17, 15) is 19.1 Å². The van der Waals surface area contributed by atoms with Gasteiger partial charge in [0, 0.05) is 11.3 Å². The van der Waals surface area contributed by atoms with Gasteiger partial charge in [-0.15, -0.1) is 0 Å². The lowest BCUT2D eigenvalue weighted by molar-refractivity contribution is -0.146. The normalized spacial score (nSPS) is 23.5. The molecule has 0 heterocycles. The minimum atomic E-state index is -1.54. The van der Waals surface area contributed by atoms with Gasteiger partial charge in [0.1, 0.15) is 0 Å². The smallest absolute Gasteiger partial charge is 0.307 e. The Morgan fingerprint density at radius 1 is 1.25 bits per heavy atom. The van der Waals surface area contributed by atoms with Gasteiger partial charge >= 0.3 is 5.97 Å². The standard InChI is InChI=1S/C18H21FINO3/c1-10-7-14(15(17(23)24)8-11(10)2)16(22)21-13-6-4-5-12(9-13)18(3,19)20/h4-6,9,14-15H,7-8H2,1-3H3,(H,21,22)(H,23,24). The summed E-state index contributed by atoms with van der Waals surface area (Å²) in [5.41, 5.74) is 3.02. The molecule has 1 amide bonds. The molecule has 0 aromatic heterocycles. The van der Waals surface area contributed by atoms with Crippen LogP contribution in [0.25, 0.3) is 0 Å². The number of hydrogen-bond donors (Lipinski definition) is 2. The van der Waals surface area contributed by atoms with Crippen LogP contribution in [0.15, 0.2) is 35.4 Å².